The Labute approximate surface area is 181 Å². The molecule has 0 atom stereocenters. The summed E-state index contributed by atoms with van der Waals surface area (Å²) >= 11 is 0. The largest absolute Gasteiger partial charge is 0.474 e. The molecule has 0 aromatic carbocycles. The van der Waals surface area contributed by atoms with Crippen LogP contribution in [0.2, 0.25) is 18.1 Å². The van der Waals surface area contributed by atoms with Crippen molar-refractivity contribution < 1.29 is 9.21 Å². The summed E-state index contributed by atoms with van der Waals surface area (Å²) in [5.74, 6) is 6.02. The van der Waals surface area contributed by atoms with Gasteiger partial charge in [-0.1, -0.05) is 103 Å². The first-order chi connectivity index (χ1) is 14.1. The van der Waals surface area contributed by atoms with E-state index in [0.29, 0.717) is 6.42 Å². The van der Waals surface area contributed by atoms with Crippen LogP contribution in [0.4, 0.5) is 0 Å². The topological polar surface area (TPSA) is 30.2 Å². The molecule has 164 valence electrons. The quantitative estimate of drug-likeness (QED) is 0.121. The fourth-order valence-corrected chi connectivity index (χ4v) is 7.43. The first kappa shape index (κ1) is 25.8. The Hall–Kier alpha value is -1.27. The number of Topliss-reactive ketones (excluding diaryl/α,β-unsaturated/α-hetero) is 1. The van der Waals surface area contributed by atoms with E-state index in [4.69, 9.17) is 4.42 Å². The van der Waals surface area contributed by atoms with E-state index >= 15 is 0 Å². The Morgan fingerprint density at radius 2 is 1.48 bits per heavy atom. The number of aryl methyl sites for hydroxylation is 1. The van der Waals surface area contributed by atoms with E-state index in [1.807, 2.05) is 6.26 Å². The zero-order valence-corrected chi connectivity index (χ0v) is 20.6. The number of rotatable bonds is 16. The van der Waals surface area contributed by atoms with Gasteiger partial charge in [0.2, 0.25) is 5.78 Å². The molecule has 1 aromatic heterocycles. The molecule has 0 aliphatic carbocycles. The molecule has 1 heterocycles. The predicted molar refractivity (Wildman–Crippen MR) is 128 cm³/mol. The zero-order valence-electron chi connectivity index (χ0n) is 19.6. The molecule has 0 spiro atoms. The predicted octanol–water partition coefficient (Wildman–Crippen LogP) is 7.42. The second kappa shape index (κ2) is 15.6. The Bertz CT molecular complexity index is 608. The molecule has 0 fully saturated rings. The van der Waals surface area contributed by atoms with Crippen molar-refractivity contribution in [2.24, 2.45) is 0 Å². The van der Waals surface area contributed by atoms with E-state index in [9.17, 15) is 4.79 Å². The SMILES string of the molecule is CCCCCCCCCCCC(=O)C#CCCc1coc([Si](CC)(CC)CC)c1. The third kappa shape index (κ3) is 9.85. The molecule has 0 aliphatic heterocycles. The Balaban J connectivity index is 2.20. The summed E-state index contributed by atoms with van der Waals surface area (Å²) in [4.78, 5) is 11.9. The van der Waals surface area contributed by atoms with Gasteiger partial charge in [-0.25, -0.2) is 0 Å². The van der Waals surface area contributed by atoms with Crippen LogP contribution in [0.25, 0.3) is 0 Å². The van der Waals surface area contributed by atoms with E-state index in [1.165, 1.54) is 74.0 Å². The summed E-state index contributed by atoms with van der Waals surface area (Å²) in [6, 6.07) is 5.97. The molecule has 0 bridgehead atoms. The minimum absolute atomic E-state index is 0.107. The first-order valence-corrected chi connectivity index (χ1v) is 14.8. The summed E-state index contributed by atoms with van der Waals surface area (Å²) in [5, 5.41) is 1.24. The van der Waals surface area contributed by atoms with Crippen molar-refractivity contribution in [2.45, 2.75) is 123 Å². The van der Waals surface area contributed by atoms with Gasteiger partial charge >= 0.3 is 0 Å². The van der Waals surface area contributed by atoms with E-state index in [0.717, 1.165) is 25.7 Å². The van der Waals surface area contributed by atoms with E-state index in [-0.39, 0.29) is 5.78 Å². The van der Waals surface area contributed by atoms with Crippen LogP contribution < -0.4 is 5.38 Å². The third-order valence-electron chi connectivity index (χ3n) is 6.48. The minimum Gasteiger partial charge on any atom is -0.474 e. The molecule has 0 aliphatic rings. The number of unbranched alkanes of at least 4 members (excludes halogenated alkanes) is 8. The van der Waals surface area contributed by atoms with Gasteiger partial charge in [0.15, 0.2) is 0 Å². The summed E-state index contributed by atoms with van der Waals surface area (Å²) in [6.07, 6.45) is 15.6. The van der Waals surface area contributed by atoms with Crippen LogP contribution in [-0.2, 0) is 11.2 Å². The maximum Gasteiger partial charge on any atom is 0.205 e. The molecule has 0 amide bonds. The number of ketones is 1. The Morgan fingerprint density at radius 3 is 2.07 bits per heavy atom. The number of hydrogen-bond acceptors (Lipinski definition) is 2. The first-order valence-electron chi connectivity index (χ1n) is 12.2. The zero-order chi connectivity index (χ0) is 21.4. The second-order valence-corrected chi connectivity index (χ2v) is 13.6. The molecule has 0 radical (unpaired) electrons. The van der Waals surface area contributed by atoms with Gasteiger partial charge in [-0.2, -0.15) is 0 Å². The van der Waals surface area contributed by atoms with Crippen molar-refractivity contribution in [2.75, 3.05) is 0 Å². The lowest BCUT2D eigenvalue weighted by Crippen LogP contribution is -2.44. The van der Waals surface area contributed by atoms with Gasteiger partial charge in [-0.05, 0) is 30.4 Å². The molecule has 1 rings (SSSR count). The van der Waals surface area contributed by atoms with Gasteiger partial charge < -0.3 is 4.42 Å². The smallest absolute Gasteiger partial charge is 0.205 e. The average molecular weight is 417 g/mol. The van der Waals surface area contributed by atoms with Gasteiger partial charge in [0.05, 0.1) is 11.6 Å². The van der Waals surface area contributed by atoms with Gasteiger partial charge in [0.1, 0.15) is 8.07 Å². The van der Waals surface area contributed by atoms with Crippen molar-refractivity contribution >= 4 is 19.2 Å². The van der Waals surface area contributed by atoms with Crippen LogP contribution in [0.15, 0.2) is 16.7 Å². The highest BCUT2D eigenvalue weighted by Crippen LogP contribution is 2.21. The van der Waals surface area contributed by atoms with Crippen molar-refractivity contribution in [3.63, 3.8) is 0 Å². The lowest BCUT2D eigenvalue weighted by atomic mass is 10.1. The fraction of sp³-hybridized carbons (Fsp3) is 0.731. The average Bonchev–Trinajstić information content (AvgIpc) is 3.21. The molecule has 0 saturated heterocycles. The highest BCUT2D eigenvalue weighted by molar-refractivity contribution is 6.90. The molecular weight excluding hydrogens is 372 g/mol. The van der Waals surface area contributed by atoms with Crippen molar-refractivity contribution in [1.29, 1.82) is 0 Å². The van der Waals surface area contributed by atoms with E-state index in [1.54, 1.807) is 0 Å². The summed E-state index contributed by atoms with van der Waals surface area (Å²) in [7, 11) is -1.43. The Kier molecular flexibility index (Phi) is 13.8. The fourth-order valence-electron chi connectivity index (χ4n) is 4.08. The van der Waals surface area contributed by atoms with Crippen LogP contribution in [0, 0.1) is 11.8 Å². The maximum absolute atomic E-state index is 11.9. The molecule has 0 saturated carbocycles. The van der Waals surface area contributed by atoms with Gasteiger partial charge in [0.25, 0.3) is 0 Å². The molecule has 0 unspecified atom stereocenters. The lowest BCUT2D eigenvalue weighted by Gasteiger charge is -2.24. The maximum atomic E-state index is 11.9. The number of carbonyl (C=O) groups excluding carboxylic acids is 1. The molecular formula is C26H44O2Si. The third-order valence-corrected chi connectivity index (χ3v) is 11.8. The van der Waals surface area contributed by atoms with Crippen LogP contribution in [-0.4, -0.2) is 13.9 Å². The van der Waals surface area contributed by atoms with E-state index in [2.05, 4.69) is 45.6 Å². The molecule has 3 heteroatoms. The van der Waals surface area contributed by atoms with Crippen LogP contribution in [0.5, 0.6) is 0 Å². The molecule has 2 nitrogen and oxygen atoms in total. The van der Waals surface area contributed by atoms with E-state index < -0.39 is 8.07 Å². The standard InChI is InChI=1S/C26H44O2Si/c1-5-9-10-11-12-13-14-15-16-20-25(27)21-18-17-19-24-22-26(28-23-24)29(6-2,7-3)8-4/h22-23H,5-17,19-20H2,1-4H3. The van der Waals surface area contributed by atoms with Crippen LogP contribution in [0.3, 0.4) is 0 Å². The number of furan rings is 1. The number of carbonyl (C=O) groups is 1. The highest BCUT2D eigenvalue weighted by atomic mass is 28.3. The summed E-state index contributed by atoms with van der Waals surface area (Å²) in [5.41, 5.74) is 1.23. The monoisotopic (exact) mass is 416 g/mol. The second-order valence-electron chi connectivity index (χ2n) is 8.46. The van der Waals surface area contributed by atoms with Crippen molar-refractivity contribution in [3.05, 3.63) is 17.9 Å². The number of hydrogen-bond donors (Lipinski definition) is 0. The van der Waals surface area contributed by atoms with Crippen LogP contribution >= 0.6 is 0 Å². The molecule has 0 N–H and O–H groups in total. The Morgan fingerprint density at radius 1 is 0.897 bits per heavy atom. The molecule has 29 heavy (non-hydrogen) atoms. The van der Waals surface area contributed by atoms with Gasteiger partial charge in [-0.3, -0.25) is 4.79 Å². The summed E-state index contributed by atoms with van der Waals surface area (Å²) in [6.45, 7) is 9.15. The van der Waals surface area contributed by atoms with Crippen LogP contribution in [0.1, 0.15) is 104 Å². The highest BCUT2D eigenvalue weighted by Gasteiger charge is 2.32. The molecule has 1 aromatic rings. The summed E-state index contributed by atoms with van der Waals surface area (Å²) < 4.78 is 5.94. The lowest BCUT2D eigenvalue weighted by molar-refractivity contribution is -0.113. The van der Waals surface area contributed by atoms with Gasteiger partial charge in [0, 0.05) is 12.8 Å². The van der Waals surface area contributed by atoms with Gasteiger partial charge in [-0.15, -0.1) is 0 Å². The minimum atomic E-state index is -1.43. The van der Waals surface area contributed by atoms with Crippen molar-refractivity contribution in [1.82, 2.24) is 0 Å². The normalized spacial score (nSPS) is 11.3. The van der Waals surface area contributed by atoms with Crippen molar-refractivity contribution in [3.8, 4) is 11.8 Å².